The van der Waals surface area contributed by atoms with Gasteiger partial charge in [0.15, 0.2) is 0 Å². The number of carbonyl (C=O) groups excluding carboxylic acids is 2. The molecule has 4 aliphatic rings. The maximum Gasteiger partial charge on any atom is 0.263 e. The molecule has 142 valence electrons. The summed E-state index contributed by atoms with van der Waals surface area (Å²) in [4.78, 5) is 25.6. The minimum Gasteiger partial charge on any atom is -0.348 e. The van der Waals surface area contributed by atoms with Gasteiger partial charge in [-0.1, -0.05) is 0 Å². The second kappa shape index (κ2) is 7.40. The molecule has 4 rings (SSSR count). The van der Waals surface area contributed by atoms with Gasteiger partial charge in [0.05, 0.1) is 0 Å². The maximum atomic E-state index is 12.7. The highest BCUT2D eigenvalue weighted by Crippen LogP contribution is 2.61. The van der Waals surface area contributed by atoms with Crippen LogP contribution in [0.3, 0.4) is 0 Å². The number of nitrogens with one attached hydrogen (secondary N) is 1. The van der Waals surface area contributed by atoms with Gasteiger partial charge in [-0.2, -0.15) is 5.26 Å². The second-order valence-electron chi connectivity index (χ2n) is 8.63. The zero-order valence-electron chi connectivity index (χ0n) is 15.8. The average Bonchev–Trinajstić information content (AvgIpc) is 2.57. The Hall–Kier alpha value is -1.87. The molecule has 4 bridgehead atoms. The monoisotopic (exact) mass is 358 g/mol. The van der Waals surface area contributed by atoms with Crippen LogP contribution in [0.4, 0.5) is 0 Å². The molecule has 4 fully saturated rings. The summed E-state index contributed by atoms with van der Waals surface area (Å²) in [5.41, 5.74) is 5.65. The van der Waals surface area contributed by atoms with Crippen LogP contribution in [0.1, 0.15) is 52.4 Å². The normalized spacial score (nSPS) is 33.5. The van der Waals surface area contributed by atoms with Crippen molar-refractivity contribution in [3.8, 4) is 6.07 Å². The van der Waals surface area contributed by atoms with Crippen molar-refractivity contribution in [3.05, 3.63) is 11.8 Å². The molecule has 0 saturated heterocycles. The van der Waals surface area contributed by atoms with E-state index in [9.17, 15) is 14.9 Å². The van der Waals surface area contributed by atoms with Crippen molar-refractivity contribution in [1.29, 1.82) is 5.26 Å². The van der Waals surface area contributed by atoms with E-state index in [0.29, 0.717) is 6.54 Å². The Morgan fingerprint density at radius 3 is 2.23 bits per heavy atom. The highest BCUT2D eigenvalue weighted by Gasteiger charge is 2.53. The fourth-order valence-corrected chi connectivity index (χ4v) is 5.88. The summed E-state index contributed by atoms with van der Waals surface area (Å²) in [7, 11) is 0. The predicted octanol–water partition coefficient (Wildman–Crippen LogP) is 1.92. The molecule has 6 heteroatoms. The zero-order valence-corrected chi connectivity index (χ0v) is 15.8. The molecule has 0 aromatic carbocycles. The Bertz CT molecular complexity index is 613. The zero-order chi connectivity index (χ0) is 18.9. The second-order valence-corrected chi connectivity index (χ2v) is 8.63. The van der Waals surface area contributed by atoms with E-state index in [1.165, 1.54) is 56.5 Å². The van der Waals surface area contributed by atoms with Crippen LogP contribution in [0.2, 0.25) is 0 Å². The van der Waals surface area contributed by atoms with Crippen molar-refractivity contribution in [1.82, 2.24) is 10.2 Å². The summed E-state index contributed by atoms with van der Waals surface area (Å²) >= 11 is 0. The lowest BCUT2D eigenvalue weighted by atomic mass is 9.48. The smallest absolute Gasteiger partial charge is 0.263 e. The quantitative estimate of drug-likeness (QED) is 0.560. The fraction of sp³-hybridized carbons (Fsp3) is 0.750. The molecular formula is C20H30N4O2. The van der Waals surface area contributed by atoms with Crippen LogP contribution >= 0.6 is 0 Å². The van der Waals surface area contributed by atoms with Crippen LogP contribution in [0, 0.1) is 34.5 Å². The molecule has 0 aromatic heterocycles. The molecule has 26 heavy (non-hydrogen) atoms. The number of carbonyl (C=O) groups is 2. The van der Waals surface area contributed by atoms with Crippen molar-refractivity contribution in [3.63, 3.8) is 0 Å². The number of rotatable bonds is 6. The van der Waals surface area contributed by atoms with E-state index in [1.54, 1.807) is 0 Å². The first-order valence-electron chi connectivity index (χ1n) is 9.77. The molecular weight excluding hydrogens is 328 g/mol. The Balaban J connectivity index is 1.70. The molecule has 1 unspecified atom stereocenters. The molecule has 4 aliphatic carbocycles. The van der Waals surface area contributed by atoms with E-state index in [1.807, 2.05) is 6.07 Å². The van der Waals surface area contributed by atoms with Gasteiger partial charge in [-0.05, 0) is 68.6 Å². The molecule has 0 radical (unpaired) electrons. The highest BCUT2D eigenvalue weighted by atomic mass is 16.2. The molecule has 0 spiro atoms. The van der Waals surface area contributed by atoms with Gasteiger partial charge in [0, 0.05) is 32.3 Å². The van der Waals surface area contributed by atoms with Crippen LogP contribution in [0.5, 0.6) is 0 Å². The van der Waals surface area contributed by atoms with Gasteiger partial charge in [0.2, 0.25) is 5.91 Å². The average molecular weight is 358 g/mol. The third-order valence-corrected chi connectivity index (χ3v) is 6.78. The summed E-state index contributed by atoms with van der Waals surface area (Å²) in [5, 5.41) is 12.5. The molecule has 3 N–H and O–H groups in total. The standard InChI is InChI=1S/C20H30N4O2/c1-13(20-8-15-5-16(9-20)7-17(6-15)10-20)23-19(26)18(11-22)12-24(4-3-21)14(2)25/h12-13,15-17H,3-10,21H2,1-2H3,(H,23,26)/b18-12-. The van der Waals surface area contributed by atoms with Crippen molar-refractivity contribution in [2.45, 2.75) is 58.4 Å². The van der Waals surface area contributed by atoms with Gasteiger partial charge >= 0.3 is 0 Å². The van der Waals surface area contributed by atoms with Crippen molar-refractivity contribution < 1.29 is 9.59 Å². The minimum absolute atomic E-state index is 0.0368. The number of hydrogen-bond donors (Lipinski definition) is 2. The molecule has 2 amide bonds. The lowest BCUT2D eigenvalue weighted by Crippen LogP contribution is -2.56. The molecule has 0 aromatic rings. The first kappa shape index (κ1) is 18.9. The molecule has 1 atom stereocenters. The summed E-state index contributed by atoms with van der Waals surface area (Å²) in [6.07, 6.45) is 8.98. The van der Waals surface area contributed by atoms with Crippen LogP contribution in [-0.4, -0.2) is 35.8 Å². The number of amides is 2. The fourth-order valence-electron chi connectivity index (χ4n) is 5.88. The number of hydrogen-bond acceptors (Lipinski definition) is 4. The molecule has 6 nitrogen and oxygen atoms in total. The Kier molecular flexibility index (Phi) is 5.38. The first-order valence-corrected chi connectivity index (χ1v) is 9.77. The number of nitrogens with zero attached hydrogens (tertiary/aromatic N) is 2. The Morgan fingerprint density at radius 1 is 1.27 bits per heavy atom. The van der Waals surface area contributed by atoms with E-state index in [4.69, 9.17) is 5.73 Å². The van der Waals surface area contributed by atoms with E-state index in [2.05, 4.69) is 12.2 Å². The number of nitriles is 1. The minimum atomic E-state index is -0.390. The van der Waals surface area contributed by atoms with Gasteiger partial charge in [-0.15, -0.1) is 0 Å². The lowest BCUT2D eigenvalue weighted by molar-refractivity contribution is -0.126. The van der Waals surface area contributed by atoms with Gasteiger partial charge in [0.25, 0.3) is 5.91 Å². The van der Waals surface area contributed by atoms with Crippen LogP contribution < -0.4 is 11.1 Å². The van der Waals surface area contributed by atoms with Crippen molar-refractivity contribution in [2.24, 2.45) is 28.9 Å². The molecule has 0 aliphatic heterocycles. The third-order valence-electron chi connectivity index (χ3n) is 6.78. The van der Waals surface area contributed by atoms with E-state index >= 15 is 0 Å². The van der Waals surface area contributed by atoms with Gasteiger partial charge in [-0.3, -0.25) is 9.59 Å². The first-order chi connectivity index (χ1) is 12.4. The predicted molar refractivity (Wildman–Crippen MR) is 98.3 cm³/mol. The summed E-state index contributed by atoms with van der Waals surface area (Å²) in [5.74, 6) is 1.81. The van der Waals surface area contributed by atoms with Crippen molar-refractivity contribution in [2.75, 3.05) is 13.1 Å². The van der Waals surface area contributed by atoms with Crippen molar-refractivity contribution >= 4 is 11.8 Å². The van der Waals surface area contributed by atoms with Gasteiger partial charge < -0.3 is 16.0 Å². The van der Waals surface area contributed by atoms with Crippen LogP contribution in [-0.2, 0) is 9.59 Å². The molecule has 0 heterocycles. The van der Waals surface area contributed by atoms with Gasteiger partial charge in [-0.25, -0.2) is 0 Å². The Morgan fingerprint density at radius 2 is 1.81 bits per heavy atom. The van der Waals surface area contributed by atoms with E-state index in [0.717, 1.165) is 17.8 Å². The van der Waals surface area contributed by atoms with Gasteiger partial charge in [0.1, 0.15) is 11.6 Å². The Labute approximate surface area is 155 Å². The SMILES string of the molecule is CC(=O)N(/C=C(/C#N)C(=O)NC(C)C12CC3CC(CC(C3)C1)C2)CCN. The molecule has 4 saturated carbocycles. The maximum absolute atomic E-state index is 12.7. The lowest BCUT2D eigenvalue weighted by Gasteiger charge is -2.59. The van der Waals surface area contributed by atoms with E-state index < -0.39 is 0 Å². The highest BCUT2D eigenvalue weighted by molar-refractivity contribution is 5.97. The third kappa shape index (κ3) is 3.64. The summed E-state index contributed by atoms with van der Waals surface area (Å²) < 4.78 is 0. The topological polar surface area (TPSA) is 99.2 Å². The van der Waals surface area contributed by atoms with Crippen LogP contribution in [0.25, 0.3) is 0 Å². The summed E-state index contributed by atoms with van der Waals surface area (Å²) in [6.45, 7) is 4.05. The van der Waals surface area contributed by atoms with Crippen LogP contribution in [0.15, 0.2) is 11.8 Å². The largest absolute Gasteiger partial charge is 0.348 e. The van der Waals surface area contributed by atoms with E-state index in [-0.39, 0.29) is 35.4 Å². The summed E-state index contributed by atoms with van der Waals surface area (Å²) in [6, 6.07) is 1.98. The number of nitrogens with two attached hydrogens (primary N) is 1.